The van der Waals surface area contributed by atoms with Crippen molar-refractivity contribution in [2.75, 3.05) is 18.8 Å². The van der Waals surface area contributed by atoms with Gasteiger partial charge in [-0.2, -0.15) is 10.5 Å². The SMILES string of the molecule is Cn1c(SCC(=O)N(CCC#N)CCC#N)nnc1-c1ccc(Cl)cc1. The Kier molecular flexibility index (Phi) is 7.46. The molecule has 1 aromatic heterocycles. The second kappa shape index (κ2) is 9.81. The van der Waals surface area contributed by atoms with Gasteiger partial charge in [0.2, 0.25) is 5.91 Å². The molecule has 1 aromatic carbocycles. The summed E-state index contributed by atoms with van der Waals surface area (Å²) >= 11 is 7.18. The molecule has 0 fully saturated rings. The number of hydrogen-bond donors (Lipinski definition) is 0. The summed E-state index contributed by atoms with van der Waals surface area (Å²) in [5.74, 6) is 0.725. The Labute approximate surface area is 161 Å². The van der Waals surface area contributed by atoms with Crippen molar-refractivity contribution in [2.24, 2.45) is 7.05 Å². The van der Waals surface area contributed by atoms with Crippen molar-refractivity contribution in [1.29, 1.82) is 10.5 Å². The van der Waals surface area contributed by atoms with Crippen molar-refractivity contribution >= 4 is 29.3 Å². The maximum absolute atomic E-state index is 12.4. The topological polar surface area (TPSA) is 98.6 Å². The molecule has 0 saturated carbocycles. The number of amides is 1. The molecule has 7 nitrogen and oxygen atoms in total. The van der Waals surface area contributed by atoms with Crippen LogP contribution in [0, 0.1) is 22.7 Å². The van der Waals surface area contributed by atoms with Gasteiger partial charge in [0.05, 0.1) is 30.7 Å². The molecule has 1 heterocycles. The number of hydrogen-bond acceptors (Lipinski definition) is 6. The fourth-order valence-electron chi connectivity index (χ4n) is 2.24. The predicted octanol–water partition coefficient (Wildman–Crippen LogP) is 2.88. The lowest BCUT2D eigenvalue weighted by Crippen LogP contribution is -2.34. The van der Waals surface area contributed by atoms with Gasteiger partial charge < -0.3 is 9.47 Å². The fourth-order valence-corrected chi connectivity index (χ4v) is 3.18. The van der Waals surface area contributed by atoms with Crippen LogP contribution in [-0.2, 0) is 11.8 Å². The average molecular weight is 389 g/mol. The molecular formula is C17H17ClN6OS. The number of thioether (sulfide) groups is 1. The summed E-state index contributed by atoms with van der Waals surface area (Å²) in [4.78, 5) is 13.9. The first kappa shape index (κ1) is 19.8. The standard InChI is InChI=1S/C17H17ClN6OS/c1-23-16(13-4-6-14(18)7-5-13)21-22-17(23)26-12-15(25)24(10-2-8-19)11-3-9-20/h4-7H,2-3,10-12H2,1H3. The molecule has 0 radical (unpaired) electrons. The molecule has 0 N–H and O–H groups in total. The average Bonchev–Trinajstić information content (AvgIpc) is 3.01. The van der Waals surface area contributed by atoms with Crippen LogP contribution in [0.25, 0.3) is 11.4 Å². The highest BCUT2D eigenvalue weighted by Gasteiger charge is 2.16. The van der Waals surface area contributed by atoms with Crippen LogP contribution in [0.15, 0.2) is 29.4 Å². The van der Waals surface area contributed by atoms with Crippen molar-refractivity contribution in [2.45, 2.75) is 18.0 Å². The van der Waals surface area contributed by atoms with Gasteiger partial charge in [-0.15, -0.1) is 10.2 Å². The molecule has 0 aliphatic heterocycles. The van der Waals surface area contributed by atoms with Crippen LogP contribution in [0.1, 0.15) is 12.8 Å². The van der Waals surface area contributed by atoms with Crippen LogP contribution in [0.3, 0.4) is 0 Å². The van der Waals surface area contributed by atoms with Crippen LogP contribution in [0.2, 0.25) is 5.02 Å². The van der Waals surface area contributed by atoms with E-state index in [9.17, 15) is 4.79 Å². The summed E-state index contributed by atoms with van der Waals surface area (Å²) < 4.78 is 1.82. The number of benzene rings is 1. The molecular weight excluding hydrogens is 372 g/mol. The number of halogens is 1. The van der Waals surface area contributed by atoms with Gasteiger partial charge in [0, 0.05) is 30.7 Å². The largest absolute Gasteiger partial charge is 0.340 e. The van der Waals surface area contributed by atoms with Gasteiger partial charge in [0.1, 0.15) is 0 Å². The molecule has 2 aromatic rings. The smallest absolute Gasteiger partial charge is 0.233 e. The van der Waals surface area contributed by atoms with E-state index in [1.54, 1.807) is 12.1 Å². The van der Waals surface area contributed by atoms with Gasteiger partial charge in [0.15, 0.2) is 11.0 Å². The third-order valence-electron chi connectivity index (χ3n) is 3.60. The van der Waals surface area contributed by atoms with Gasteiger partial charge >= 0.3 is 0 Å². The summed E-state index contributed by atoms with van der Waals surface area (Å²) in [5, 5.41) is 27.0. The first-order valence-electron chi connectivity index (χ1n) is 7.86. The molecule has 26 heavy (non-hydrogen) atoms. The van der Waals surface area contributed by atoms with Gasteiger partial charge in [0.25, 0.3) is 0 Å². The molecule has 0 aliphatic carbocycles. The number of aromatic nitrogens is 3. The second-order valence-electron chi connectivity index (χ2n) is 5.36. The van der Waals surface area contributed by atoms with E-state index < -0.39 is 0 Å². The third kappa shape index (κ3) is 5.22. The Hall–Kier alpha value is -2.55. The molecule has 2 rings (SSSR count). The van der Waals surface area contributed by atoms with E-state index >= 15 is 0 Å². The van der Waals surface area contributed by atoms with E-state index in [0.29, 0.717) is 29.1 Å². The first-order chi connectivity index (χ1) is 12.6. The molecule has 0 unspecified atom stereocenters. The lowest BCUT2D eigenvalue weighted by molar-refractivity contribution is -0.128. The Morgan fingerprint density at radius 1 is 1.19 bits per heavy atom. The van der Waals surface area contributed by atoms with Crippen LogP contribution in [0.5, 0.6) is 0 Å². The second-order valence-corrected chi connectivity index (χ2v) is 6.74. The normalized spacial score (nSPS) is 10.2. The Morgan fingerprint density at radius 3 is 2.38 bits per heavy atom. The molecule has 9 heteroatoms. The molecule has 0 aliphatic rings. The van der Waals surface area contributed by atoms with E-state index in [1.807, 2.05) is 35.9 Å². The molecule has 0 spiro atoms. The highest BCUT2D eigenvalue weighted by Crippen LogP contribution is 2.24. The van der Waals surface area contributed by atoms with Gasteiger partial charge in [-0.25, -0.2) is 0 Å². The zero-order chi connectivity index (χ0) is 18.9. The molecule has 0 saturated heterocycles. The van der Waals surface area contributed by atoms with Crippen molar-refractivity contribution in [3.8, 4) is 23.5 Å². The molecule has 1 amide bonds. The minimum atomic E-state index is -0.128. The predicted molar refractivity (Wildman–Crippen MR) is 99.2 cm³/mol. The van der Waals surface area contributed by atoms with E-state index in [2.05, 4.69) is 10.2 Å². The quantitative estimate of drug-likeness (QED) is 0.645. The van der Waals surface area contributed by atoms with Crippen LogP contribution < -0.4 is 0 Å². The number of rotatable bonds is 8. The summed E-state index contributed by atoms with van der Waals surface area (Å²) in [5.41, 5.74) is 0.882. The number of nitriles is 2. The van der Waals surface area contributed by atoms with E-state index in [-0.39, 0.29) is 24.5 Å². The summed E-state index contributed by atoms with van der Waals surface area (Å²) in [6.07, 6.45) is 0.485. The zero-order valence-corrected chi connectivity index (χ0v) is 15.8. The van der Waals surface area contributed by atoms with Crippen molar-refractivity contribution in [3.05, 3.63) is 29.3 Å². The van der Waals surface area contributed by atoms with Crippen LogP contribution in [-0.4, -0.2) is 44.4 Å². The highest BCUT2D eigenvalue weighted by atomic mass is 35.5. The van der Waals surface area contributed by atoms with E-state index in [4.69, 9.17) is 22.1 Å². The Morgan fingerprint density at radius 2 is 1.81 bits per heavy atom. The van der Waals surface area contributed by atoms with Crippen LogP contribution in [0.4, 0.5) is 0 Å². The lowest BCUT2D eigenvalue weighted by Gasteiger charge is -2.19. The van der Waals surface area contributed by atoms with Crippen molar-refractivity contribution in [1.82, 2.24) is 19.7 Å². The van der Waals surface area contributed by atoms with E-state index in [0.717, 1.165) is 5.56 Å². The number of nitrogens with zero attached hydrogens (tertiary/aromatic N) is 6. The van der Waals surface area contributed by atoms with Crippen LogP contribution >= 0.6 is 23.4 Å². The number of carbonyl (C=O) groups is 1. The van der Waals surface area contributed by atoms with Gasteiger partial charge in [-0.05, 0) is 24.3 Å². The zero-order valence-electron chi connectivity index (χ0n) is 14.2. The Bertz CT molecular complexity index is 818. The van der Waals surface area contributed by atoms with Crippen molar-refractivity contribution in [3.63, 3.8) is 0 Å². The maximum Gasteiger partial charge on any atom is 0.233 e. The summed E-state index contributed by atoms with van der Waals surface area (Å²) in [6.45, 7) is 0.652. The lowest BCUT2D eigenvalue weighted by atomic mass is 10.2. The Balaban J connectivity index is 2.02. The summed E-state index contributed by atoms with van der Waals surface area (Å²) in [6, 6.07) is 11.3. The maximum atomic E-state index is 12.4. The third-order valence-corrected chi connectivity index (χ3v) is 4.86. The van der Waals surface area contributed by atoms with Gasteiger partial charge in [-0.1, -0.05) is 23.4 Å². The monoisotopic (exact) mass is 388 g/mol. The minimum absolute atomic E-state index is 0.128. The highest BCUT2D eigenvalue weighted by molar-refractivity contribution is 7.99. The summed E-state index contributed by atoms with van der Waals surface area (Å²) in [7, 11) is 1.83. The van der Waals surface area contributed by atoms with Crippen molar-refractivity contribution < 1.29 is 4.79 Å². The van der Waals surface area contributed by atoms with Gasteiger partial charge in [-0.3, -0.25) is 4.79 Å². The minimum Gasteiger partial charge on any atom is -0.340 e. The first-order valence-corrected chi connectivity index (χ1v) is 9.23. The number of carbonyl (C=O) groups excluding carboxylic acids is 1. The molecule has 0 atom stereocenters. The molecule has 134 valence electrons. The fraction of sp³-hybridized carbons (Fsp3) is 0.353. The molecule has 0 bridgehead atoms. The van der Waals surface area contributed by atoms with E-state index in [1.165, 1.54) is 16.7 Å².